The van der Waals surface area contributed by atoms with Crippen LogP contribution in [0.5, 0.6) is 0 Å². The van der Waals surface area contributed by atoms with E-state index in [0.29, 0.717) is 12.2 Å². The van der Waals surface area contributed by atoms with Gasteiger partial charge < -0.3 is 4.57 Å². The molecule has 3 nitrogen and oxygen atoms in total. The van der Waals surface area contributed by atoms with Crippen LogP contribution < -0.4 is 0 Å². The number of nitrogens with zero attached hydrogens (tertiary/aromatic N) is 2. The minimum atomic E-state index is 0.447. The second-order valence-electron chi connectivity index (χ2n) is 2.02. The van der Waals surface area contributed by atoms with E-state index >= 15 is 0 Å². The summed E-state index contributed by atoms with van der Waals surface area (Å²) in [6.45, 7) is 2.37. The Balaban J connectivity index is 2.70. The molecule has 1 rings (SSSR count). The first kappa shape index (κ1) is 7.55. The van der Waals surface area contributed by atoms with Gasteiger partial charge in [-0.1, -0.05) is 5.92 Å². The number of carbonyl (C=O) groups is 1. The molecular formula is C8H8N2O. The van der Waals surface area contributed by atoms with Gasteiger partial charge in [0.15, 0.2) is 6.29 Å². The highest BCUT2D eigenvalue weighted by atomic mass is 16.1. The lowest BCUT2D eigenvalue weighted by molar-refractivity contribution is 0.111. The zero-order valence-electron chi connectivity index (χ0n) is 6.24. The van der Waals surface area contributed by atoms with Gasteiger partial charge in [-0.05, 0) is 6.92 Å². The predicted octanol–water partition coefficient (Wildman–Crippen LogP) is 0.719. The Kier molecular flexibility index (Phi) is 2.45. The van der Waals surface area contributed by atoms with E-state index in [1.165, 1.54) is 0 Å². The average molecular weight is 148 g/mol. The molecule has 1 heterocycles. The molecule has 0 fully saturated rings. The summed E-state index contributed by atoms with van der Waals surface area (Å²) in [4.78, 5) is 14.0. The normalized spacial score (nSPS) is 8.45. The fraction of sp³-hybridized carbons (Fsp3) is 0.250. The van der Waals surface area contributed by atoms with Crippen LogP contribution in [0.1, 0.15) is 17.4 Å². The summed E-state index contributed by atoms with van der Waals surface area (Å²) in [5, 5.41) is 0. The third-order valence-corrected chi connectivity index (χ3v) is 1.21. The number of rotatable bonds is 2. The third kappa shape index (κ3) is 1.94. The molecule has 0 atom stereocenters. The Morgan fingerprint density at radius 2 is 2.64 bits per heavy atom. The van der Waals surface area contributed by atoms with Crippen molar-refractivity contribution in [2.24, 2.45) is 0 Å². The highest BCUT2D eigenvalue weighted by Crippen LogP contribution is 1.90. The summed E-state index contributed by atoms with van der Waals surface area (Å²) >= 11 is 0. The Morgan fingerprint density at radius 3 is 3.18 bits per heavy atom. The fourth-order valence-electron chi connectivity index (χ4n) is 0.695. The summed E-state index contributed by atoms with van der Waals surface area (Å²) in [5.74, 6) is 5.62. The summed E-state index contributed by atoms with van der Waals surface area (Å²) in [6.07, 6.45) is 3.97. The maximum absolute atomic E-state index is 10.2. The van der Waals surface area contributed by atoms with Gasteiger partial charge in [0.1, 0.15) is 5.69 Å². The third-order valence-electron chi connectivity index (χ3n) is 1.21. The molecule has 1 aromatic heterocycles. The highest BCUT2D eigenvalue weighted by molar-refractivity contribution is 5.70. The maximum atomic E-state index is 10.2. The molecule has 0 aliphatic carbocycles. The van der Waals surface area contributed by atoms with Gasteiger partial charge in [0, 0.05) is 6.20 Å². The number of aldehydes is 1. The van der Waals surface area contributed by atoms with Crippen LogP contribution in [0.25, 0.3) is 0 Å². The number of imidazole rings is 1. The summed E-state index contributed by atoms with van der Waals surface area (Å²) in [7, 11) is 0. The van der Waals surface area contributed by atoms with E-state index < -0.39 is 0 Å². The van der Waals surface area contributed by atoms with Gasteiger partial charge in [0.05, 0.1) is 12.9 Å². The van der Waals surface area contributed by atoms with Gasteiger partial charge in [0.2, 0.25) is 0 Å². The lowest BCUT2D eigenvalue weighted by Crippen LogP contribution is -1.89. The summed E-state index contributed by atoms with van der Waals surface area (Å²) in [6, 6.07) is 0. The van der Waals surface area contributed by atoms with Gasteiger partial charge in [0.25, 0.3) is 0 Å². The standard InChI is InChI=1S/C8H8N2O/c1-2-3-4-10-5-8(6-11)9-7-10/h5-7H,4H2,1H3. The van der Waals surface area contributed by atoms with E-state index in [2.05, 4.69) is 16.8 Å². The molecule has 0 aromatic carbocycles. The largest absolute Gasteiger partial charge is 0.325 e. The van der Waals surface area contributed by atoms with Gasteiger partial charge in [-0.2, -0.15) is 0 Å². The molecule has 0 saturated carbocycles. The maximum Gasteiger partial charge on any atom is 0.169 e. The van der Waals surface area contributed by atoms with Gasteiger partial charge in [-0.25, -0.2) is 4.98 Å². The monoisotopic (exact) mass is 148 g/mol. The molecule has 56 valence electrons. The fourth-order valence-corrected chi connectivity index (χ4v) is 0.695. The Labute approximate surface area is 65.1 Å². The average Bonchev–Trinajstić information content (AvgIpc) is 2.48. The minimum Gasteiger partial charge on any atom is -0.325 e. The van der Waals surface area contributed by atoms with Crippen LogP contribution in [-0.4, -0.2) is 15.8 Å². The van der Waals surface area contributed by atoms with Crippen molar-refractivity contribution in [2.75, 3.05) is 0 Å². The second kappa shape index (κ2) is 3.57. The highest BCUT2D eigenvalue weighted by Gasteiger charge is 1.92. The Bertz CT molecular complexity index is 303. The molecule has 0 aliphatic rings. The van der Waals surface area contributed by atoms with Crippen LogP contribution in [0, 0.1) is 11.8 Å². The van der Waals surface area contributed by atoms with E-state index in [-0.39, 0.29) is 0 Å². The van der Waals surface area contributed by atoms with Crippen molar-refractivity contribution in [3.05, 3.63) is 18.2 Å². The van der Waals surface area contributed by atoms with Crippen LogP contribution in [-0.2, 0) is 6.54 Å². The van der Waals surface area contributed by atoms with E-state index in [9.17, 15) is 4.79 Å². The first-order chi connectivity index (χ1) is 5.36. The van der Waals surface area contributed by atoms with Crippen LogP contribution in [0.2, 0.25) is 0 Å². The molecule has 0 radical (unpaired) electrons. The lowest BCUT2D eigenvalue weighted by Gasteiger charge is -1.88. The SMILES string of the molecule is CC#CCn1cnc(C=O)c1. The van der Waals surface area contributed by atoms with Crippen LogP contribution in [0.3, 0.4) is 0 Å². The smallest absolute Gasteiger partial charge is 0.169 e. The molecule has 0 bridgehead atoms. The van der Waals surface area contributed by atoms with Gasteiger partial charge >= 0.3 is 0 Å². The minimum absolute atomic E-state index is 0.447. The van der Waals surface area contributed by atoms with Crippen LogP contribution in [0.4, 0.5) is 0 Å². The molecule has 0 unspecified atom stereocenters. The molecule has 0 amide bonds. The topological polar surface area (TPSA) is 34.9 Å². The predicted molar refractivity (Wildman–Crippen MR) is 41.1 cm³/mol. The molecule has 0 aliphatic heterocycles. The van der Waals surface area contributed by atoms with E-state index in [1.54, 1.807) is 24.0 Å². The zero-order chi connectivity index (χ0) is 8.10. The summed E-state index contributed by atoms with van der Waals surface area (Å²) < 4.78 is 1.76. The molecule has 0 saturated heterocycles. The number of aromatic nitrogens is 2. The second-order valence-corrected chi connectivity index (χ2v) is 2.02. The van der Waals surface area contributed by atoms with Crippen molar-refractivity contribution in [3.8, 4) is 11.8 Å². The van der Waals surface area contributed by atoms with Gasteiger partial charge in [-0.3, -0.25) is 4.79 Å². The van der Waals surface area contributed by atoms with E-state index in [4.69, 9.17) is 0 Å². The van der Waals surface area contributed by atoms with Gasteiger partial charge in [-0.15, -0.1) is 5.92 Å². The Morgan fingerprint density at radius 1 is 1.82 bits per heavy atom. The van der Waals surface area contributed by atoms with Crippen molar-refractivity contribution in [3.63, 3.8) is 0 Å². The Hall–Kier alpha value is -1.56. The molecule has 0 N–H and O–H groups in total. The quantitative estimate of drug-likeness (QED) is 0.457. The first-order valence-corrected chi connectivity index (χ1v) is 3.23. The van der Waals surface area contributed by atoms with Crippen molar-refractivity contribution in [1.82, 2.24) is 9.55 Å². The zero-order valence-corrected chi connectivity index (χ0v) is 6.24. The van der Waals surface area contributed by atoms with Crippen molar-refractivity contribution < 1.29 is 4.79 Å². The number of carbonyl (C=O) groups excluding carboxylic acids is 1. The molecule has 11 heavy (non-hydrogen) atoms. The van der Waals surface area contributed by atoms with Crippen molar-refractivity contribution in [2.45, 2.75) is 13.5 Å². The number of hydrogen-bond donors (Lipinski definition) is 0. The number of hydrogen-bond acceptors (Lipinski definition) is 2. The molecule has 3 heteroatoms. The summed E-state index contributed by atoms with van der Waals surface area (Å²) in [5.41, 5.74) is 0.447. The van der Waals surface area contributed by atoms with E-state index in [1.807, 2.05) is 0 Å². The molecule has 0 spiro atoms. The molecular weight excluding hydrogens is 140 g/mol. The van der Waals surface area contributed by atoms with Crippen LogP contribution in [0.15, 0.2) is 12.5 Å². The van der Waals surface area contributed by atoms with E-state index in [0.717, 1.165) is 6.29 Å². The van der Waals surface area contributed by atoms with Crippen molar-refractivity contribution >= 4 is 6.29 Å². The molecule has 1 aromatic rings. The lowest BCUT2D eigenvalue weighted by atomic mass is 10.5. The first-order valence-electron chi connectivity index (χ1n) is 3.23. The van der Waals surface area contributed by atoms with Crippen molar-refractivity contribution in [1.29, 1.82) is 0 Å². The van der Waals surface area contributed by atoms with Crippen LogP contribution >= 0.6 is 0 Å².